The molecule has 0 spiro atoms. The van der Waals surface area contributed by atoms with Crippen LogP contribution in [0.25, 0.3) is 0 Å². The molecule has 0 N–H and O–H groups in total. The van der Waals surface area contributed by atoms with Crippen molar-refractivity contribution in [2.75, 3.05) is 20.2 Å². The lowest BCUT2D eigenvalue weighted by Crippen LogP contribution is -2.30. The molecule has 0 saturated heterocycles. The van der Waals surface area contributed by atoms with Gasteiger partial charge in [0.25, 0.3) is 0 Å². The number of unbranched alkanes of at least 4 members (excludes halogenated alkanes) is 1. The molecule has 3 nitrogen and oxygen atoms in total. The molecule has 0 atom stereocenters. The molecule has 1 fully saturated rings. The molecule has 1 aromatic rings. The highest BCUT2D eigenvalue weighted by molar-refractivity contribution is 5.75. The number of benzene rings is 1. The second-order valence-corrected chi connectivity index (χ2v) is 6.37. The third-order valence-corrected chi connectivity index (χ3v) is 4.59. The molecule has 122 valence electrons. The second-order valence-electron chi connectivity index (χ2n) is 6.37. The first-order chi connectivity index (χ1) is 10.8. The van der Waals surface area contributed by atoms with E-state index in [1.165, 1.54) is 38.5 Å². The number of likely N-dealkylation sites (N-methyl/N-ethyl adjacent to an activating group) is 1. The summed E-state index contributed by atoms with van der Waals surface area (Å²) in [5.74, 6) is 2.04. The lowest BCUT2D eigenvalue weighted by atomic mass is 10.00. The van der Waals surface area contributed by atoms with E-state index in [9.17, 15) is 4.79 Å². The maximum atomic E-state index is 12.1. The molecule has 0 unspecified atom stereocenters. The van der Waals surface area contributed by atoms with E-state index in [0.717, 1.165) is 18.1 Å². The minimum atomic E-state index is 0.239. The number of carbonyl (C=O) groups is 1. The lowest BCUT2D eigenvalue weighted by molar-refractivity contribution is -0.130. The van der Waals surface area contributed by atoms with Gasteiger partial charge < -0.3 is 9.64 Å². The highest BCUT2D eigenvalue weighted by Crippen LogP contribution is 2.29. The Morgan fingerprint density at radius 3 is 2.64 bits per heavy atom. The van der Waals surface area contributed by atoms with E-state index in [1.54, 1.807) is 4.90 Å². The predicted molar refractivity (Wildman–Crippen MR) is 90.0 cm³/mol. The zero-order chi connectivity index (χ0) is 15.6. The summed E-state index contributed by atoms with van der Waals surface area (Å²) in [6.45, 7) is 1.20. The molecule has 1 aliphatic carbocycles. The maximum absolute atomic E-state index is 12.1. The number of amides is 1. The van der Waals surface area contributed by atoms with Crippen molar-refractivity contribution in [3.63, 3.8) is 0 Å². The van der Waals surface area contributed by atoms with Gasteiger partial charge in [-0.3, -0.25) is 4.79 Å². The average Bonchev–Trinajstić information content (AvgIpc) is 3.05. The van der Waals surface area contributed by atoms with Crippen molar-refractivity contribution in [1.82, 2.24) is 4.90 Å². The van der Waals surface area contributed by atoms with Crippen LogP contribution in [0.4, 0.5) is 0 Å². The molecule has 2 rings (SSSR count). The molecular weight excluding hydrogens is 274 g/mol. The molecular formula is C19H29NO2. The van der Waals surface area contributed by atoms with E-state index in [-0.39, 0.29) is 5.91 Å². The molecule has 1 aliphatic rings. The van der Waals surface area contributed by atoms with E-state index in [2.05, 4.69) is 0 Å². The Labute approximate surface area is 134 Å². The highest BCUT2D eigenvalue weighted by Gasteiger charge is 2.15. The predicted octanol–water partition coefficient (Wildman–Crippen LogP) is 4.27. The van der Waals surface area contributed by atoms with Crippen LogP contribution < -0.4 is 4.74 Å². The number of para-hydroxylation sites is 1. The molecule has 0 aromatic heterocycles. The molecule has 22 heavy (non-hydrogen) atoms. The smallest absolute Gasteiger partial charge is 0.222 e. The lowest BCUT2D eigenvalue weighted by Gasteiger charge is -2.17. The van der Waals surface area contributed by atoms with Gasteiger partial charge in [0, 0.05) is 13.5 Å². The Morgan fingerprint density at radius 1 is 1.18 bits per heavy atom. The van der Waals surface area contributed by atoms with Gasteiger partial charge in [0.05, 0.1) is 6.54 Å². The maximum Gasteiger partial charge on any atom is 0.222 e. The van der Waals surface area contributed by atoms with E-state index in [1.807, 2.05) is 37.4 Å². The fourth-order valence-corrected chi connectivity index (χ4v) is 3.14. The Morgan fingerprint density at radius 2 is 1.91 bits per heavy atom. The van der Waals surface area contributed by atoms with Gasteiger partial charge in [0.2, 0.25) is 5.91 Å². The van der Waals surface area contributed by atoms with Crippen molar-refractivity contribution in [3.8, 4) is 5.75 Å². The number of hydrogen-bond acceptors (Lipinski definition) is 2. The molecule has 1 aromatic carbocycles. The largest absolute Gasteiger partial charge is 0.492 e. The number of carbonyl (C=O) groups excluding carboxylic acids is 1. The number of hydrogen-bond donors (Lipinski definition) is 0. The molecule has 0 aliphatic heterocycles. The first-order valence-electron chi connectivity index (χ1n) is 8.67. The molecule has 1 amide bonds. The number of rotatable bonds is 9. The van der Waals surface area contributed by atoms with Gasteiger partial charge in [-0.1, -0.05) is 56.7 Å². The molecule has 0 radical (unpaired) electrons. The monoisotopic (exact) mass is 303 g/mol. The summed E-state index contributed by atoms with van der Waals surface area (Å²) in [4.78, 5) is 13.8. The topological polar surface area (TPSA) is 29.5 Å². The van der Waals surface area contributed by atoms with Crippen molar-refractivity contribution in [3.05, 3.63) is 30.3 Å². The summed E-state index contributed by atoms with van der Waals surface area (Å²) < 4.78 is 5.63. The van der Waals surface area contributed by atoms with Gasteiger partial charge >= 0.3 is 0 Å². The summed E-state index contributed by atoms with van der Waals surface area (Å²) in [6, 6.07) is 9.74. The van der Waals surface area contributed by atoms with Crippen LogP contribution in [0.3, 0.4) is 0 Å². The van der Waals surface area contributed by atoms with Crippen LogP contribution in [0.1, 0.15) is 51.4 Å². The first-order valence-corrected chi connectivity index (χ1v) is 8.67. The summed E-state index contributed by atoms with van der Waals surface area (Å²) >= 11 is 0. The zero-order valence-corrected chi connectivity index (χ0v) is 13.8. The van der Waals surface area contributed by atoms with Crippen LogP contribution in [0.2, 0.25) is 0 Å². The van der Waals surface area contributed by atoms with Crippen molar-refractivity contribution in [1.29, 1.82) is 0 Å². The van der Waals surface area contributed by atoms with Crippen molar-refractivity contribution in [2.24, 2.45) is 5.92 Å². The van der Waals surface area contributed by atoms with Crippen LogP contribution in [0, 0.1) is 5.92 Å². The Kier molecular flexibility index (Phi) is 7.27. The summed E-state index contributed by atoms with van der Waals surface area (Å²) in [6.07, 6.45) is 9.85. The Hall–Kier alpha value is -1.51. The molecule has 1 saturated carbocycles. The molecule has 0 bridgehead atoms. The minimum Gasteiger partial charge on any atom is -0.492 e. The molecule has 0 heterocycles. The SMILES string of the molecule is CN(CCOc1ccccc1)C(=O)CCCCC1CCCC1. The van der Waals surface area contributed by atoms with Crippen LogP contribution in [-0.2, 0) is 4.79 Å². The van der Waals surface area contributed by atoms with Crippen LogP contribution in [0.5, 0.6) is 5.75 Å². The molecule has 3 heteroatoms. The fourth-order valence-electron chi connectivity index (χ4n) is 3.14. The zero-order valence-electron chi connectivity index (χ0n) is 13.8. The second kappa shape index (κ2) is 9.50. The van der Waals surface area contributed by atoms with Gasteiger partial charge in [0.15, 0.2) is 0 Å². The van der Waals surface area contributed by atoms with E-state index in [0.29, 0.717) is 19.6 Å². The third-order valence-electron chi connectivity index (χ3n) is 4.59. The van der Waals surface area contributed by atoms with Crippen LogP contribution >= 0.6 is 0 Å². The van der Waals surface area contributed by atoms with Gasteiger partial charge in [-0.15, -0.1) is 0 Å². The number of nitrogens with zero attached hydrogens (tertiary/aromatic N) is 1. The Bertz CT molecular complexity index is 426. The number of ether oxygens (including phenoxy) is 1. The Balaban J connectivity index is 1.52. The minimum absolute atomic E-state index is 0.239. The van der Waals surface area contributed by atoms with Crippen molar-refractivity contribution in [2.45, 2.75) is 51.4 Å². The first kappa shape index (κ1) is 16.9. The van der Waals surface area contributed by atoms with Gasteiger partial charge in [0.1, 0.15) is 12.4 Å². The van der Waals surface area contributed by atoms with E-state index >= 15 is 0 Å². The van der Waals surface area contributed by atoms with Crippen molar-refractivity contribution < 1.29 is 9.53 Å². The van der Waals surface area contributed by atoms with Crippen LogP contribution in [0.15, 0.2) is 30.3 Å². The normalized spacial score (nSPS) is 15.0. The van der Waals surface area contributed by atoms with E-state index in [4.69, 9.17) is 4.74 Å². The van der Waals surface area contributed by atoms with Gasteiger partial charge in [-0.05, 0) is 24.5 Å². The van der Waals surface area contributed by atoms with Gasteiger partial charge in [-0.2, -0.15) is 0 Å². The quantitative estimate of drug-likeness (QED) is 0.637. The highest BCUT2D eigenvalue weighted by atomic mass is 16.5. The fraction of sp³-hybridized carbons (Fsp3) is 0.632. The summed E-state index contributed by atoms with van der Waals surface area (Å²) in [5, 5.41) is 0. The standard InChI is InChI=1S/C19H29NO2/c1-20(15-16-22-18-12-3-2-4-13-18)19(21)14-8-7-11-17-9-5-6-10-17/h2-4,12-13,17H,5-11,14-16H2,1H3. The summed E-state index contributed by atoms with van der Waals surface area (Å²) in [7, 11) is 1.87. The van der Waals surface area contributed by atoms with Gasteiger partial charge in [-0.25, -0.2) is 0 Å². The van der Waals surface area contributed by atoms with E-state index < -0.39 is 0 Å². The summed E-state index contributed by atoms with van der Waals surface area (Å²) in [5.41, 5.74) is 0. The average molecular weight is 303 g/mol. The third kappa shape index (κ3) is 6.08. The van der Waals surface area contributed by atoms with Crippen LogP contribution in [-0.4, -0.2) is 31.0 Å². The van der Waals surface area contributed by atoms with Crippen molar-refractivity contribution >= 4 is 5.91 Å².